The van der Waals surface area contributed by atoms with E-state index in [1.165, 1.54) is 42.2 Å². The number of carbonyl (C=O) groups is 1. The summed E-state index contributed by atoms with van der Waals surface area (Å²) in [5.74, 6) is -0.207. The Morgan fingerprint density at radius 1 is 1.17 bits per heavy atom. The van der Waals surface area contributed by atoms with E-state index >= 15 is 0 Å². The Labute approximate surface area is 107 Å². The minimum absolute atomic E-state index is 0.207. The molecule has 3 nitrogen and oxygen atoms in total. The standard InChI is InChI=1S/C15H18O3/c1-17-15(16)14-8-10-9-18-7-6-11(10)12-4-2-3-5-13(12)14/h8H,2-7,9H2,1H3. The lowest BCUT2D eigenvalue weighted by Crippen LogP contribution is -2.20. The number of ether oxygens (including phenoxy) is 2. The Balaban J connectivity index is 2.18. The van der Waals surface area contributed by atoms with Gasteiger partial charge in [0, 0.05) is 0 Å². The van der Waals surface area contributed by atoms with Crippen molar-refractivity contribution in [3.05, 3.63) is 33.9 Å². The van der Waals surface area contributed by atoms with Crippen LogP contribution in [0, 0.1) is 0 Å². The molecule has 0 bridgehead atoms. The van der Waals surface area contributed by atoms with Gasteiger partial charge in [-0.2, -0.15) is 0 Å². The van der Waals surface area contributed by atoms with E-state index < -0.39 is 0 Å². The molecule has 0 unspecified atom stereocenters. The summed E-state index contributed by atoms with van der Waals surface area (Å²) in [6, 6.07) is 1.99. The van der Waals surface area contributed by atoms with E-state index in [0.717, 1.165) is 31.4 Å². The van der Waals surface area contributed by atoms with Gasteiger partial charge >= 0.3 is 5.97 Å². The highest BCUT2D eigenvalue weighted by Crippen LogP contribution is 2.33. The lowest BCUT2D eigenvalue weighted by Gasteiger charge is -2.27. The second-order valence-corrected chi connectivity index (χ2v) is 5.02. The highest BCUT2D eigenvalue weighted by atomic mass is 16.5. The van der Waals surface area contributed by atoms with E-state index in [9.17, 15) is 4.79 Å². The molecule has 0 atom stereocenters. The fourth-order valence-electron chi connectivity index (χ4n) is 3.17. The first kappa shape index (κ1) is 11.7. The van der Waals surface area contributed by atoms with Crippen LogP contribution in [0.5, 0.6) is 0 Å². The highest BCUT2D eigenvalue weighted by Gasteiger charge is 2.25. The molecule has 1 heterocycles. The van der Waals surface area contributed by atoms with Crippen LogP contribution in [0.1, 0.15) is 45.5 Å². The van der Waals surface area contributed by atoms with Crippen LogP contribution in [-0.4, -0.2) is 19.7 Å². The van der Waals surface area contributed by atoms with Crippen molar-refractivity contribution in [2.45, 2.75) is 38.7 Å². The van der Waals surface area contributed by atoms with Gasteiger partial charge in [0.05, 0.1) is 25.9 Å². The molecule has 0 aromatic heterocycles. The molecular formula is C15H18O3. The van der Waals surface area contributed by atoms with Gasteiger partial charge in [0.1, 0.15) is 0 Å². The van der Waals surface area contributed by atoms with Crippen LogP contribution in [0.3, 0.4) is 0 Å². The minimum Gasteiger partial charge on any atom is -0.465 e. The lowest BCUT2D eigenvalue weighted by molar-refractivity contribution is 0.0598. The lowest BCUT2D eigenvalue weighted by atomic mass is 9.81. The van der Waals surface area contributed by atoms with Crippen molar-refractivity contribution in [1.29, 1.82) is 0 Å². The molecular weight excluding hydrogens is 228 g/mol. The molecule has 1 aromatic carbocycles. The van der Waals surface area contributed by atoms with Gasteiger partial charge in [0.2, 0.25) is 0 Å². The average molecular weight is 246 g/mol. The Hall–Kier alpha value is -1.35. The first-order valence-electron chi connectivity index (χ1n) is 6.64. The summed E-state index contributed by atoms with van der Waals surface area (Å²) in [5.41, 5.74) is 6.01. The molecule has 0 spiro atoms. The molecule has 0 saturated heterocycles. The van der Waals surface area contributed by atoms with Crippen molar-refractivity contribution < 1.29 is 14.3 Å². The summed E-state index contributed by atoms with van der Waals surface area (Å²) in [7, 11) is 1.45. The van der Waals surface area contributed by atoms with Gasteiger partial charge in [-0.25, -0.2) is 4.79 Å². The summed E-state index contributed by atoms with van der Waals surface area (Å²) in [5, 5.41) is 0. The van der Waals surface area contributed by atoms with E-state index in [2.05, 4.69) is 0 Å². The summed E-state index contributed by atoms with van der Waals surface area (Å²) in [6.07, 6.45) is 5.49. The van der Waals surface area contributed by atoms with Crippen LogP contribution < -0.4 is 0 Å². The summed E-state index contributed by atoms with van der Waals surface area (Å²) in [6.45, 7) is 1.43. The van der Waals surface area contributed by atoms with Crippen molar-refractivity contribution in [3.8, 4) is 0 Å². The van der Waals surface area contributed by atoms with Gasteiger partial charge in [0.15, 0.2) is 0 Å². The SMILES string of the molecule is COC(=O)c1cc2c(c3c1CCCC3)CCOC2. The quantitative estimate of drug-likeness (QED) is 0.714. The first-order chi connectivity index (χ1) is 8.81. The molecule has 3 rings (SSSR count). The van der Waals surface area contributed by atoms with Gasteiger partial charge in [-0.3, -0.25) is 0 Å². The van der Waals surface area contributed by atoms with Crippen LogP contribution in [-0.2, 0) is 35.3 Å². The molecule has 0 amide bonds. The topological polar surface area (TPSA) is 35.5 Å². The van der Waals surface area contributed by atoms with Crippen molar-refractivity contribution in [3.63, 3.8) is 0 Å². The smallest absolute Gasteiger partial charge is 0.338 e. The number of methoxy groups -OCH3 is 1. The fourth-order valence-corrected chi connectivity index (χ4v) is 3.17. The summed E-state index contributed by atoms with van der Waals surface area (Å²) in [4.78, 5) is 11.9. The zero-order chi connectivity index (χ0) is 12.5. The van der Waals surface area contributed by atoms with Crippen LogP contribution >= 0.6 is 0 Å². The van der Waals surface area contributed by atoms with E-state index in [4.69, 9.17) is 9.47 Å². The molecule has 3 heteroatoms. The predicted octanol–water partition coefficient (Wildman–Crippen LogP) is 2.42. The Bertz CT molecular complexity index is 491. The van der Waals surface area contributed by atoms with Crippen molar-refractivity contribution >= 4 is 5.97 Å². The Morgan fingerprint density at radius 2 is 1.94 bits per heavy atom. The predicted molar refractivity (Wildman–Crippen MR) is 67.8 cm³/mol. The van der Waals surface area contributed by atoms with Crippen molar-refractivity contribution in [1.82, 2.24) is 0 Å². The third-order valence-electron chi connectivity index (χ3n) is 4.02. The molecule has 0 N–H and O–H groups in total. The van der Waals surface area contributed by atoms with E-state index in [1.807, 2.05) is 6.07 Å². The van der Waals surface area contributed by atoms with Crippen molar-refractivity contribution in [2.75, 3.05) is 13.7 Å². The number of hydrogen-bond acceptors (Lipinski definition) is 3. The number of fused-ring (bicyclic) bond motifs is 3. The minimum atomic E-state index is -0.207. The van der Waals surface area contributed by atoms with Gasteiger partial charge in [-0.1, -0.05) is 0 Å². The maximum Gasteiger partial charge on any atom is 0.338 e. The molecule has 0 radical (unpaired) electrons. The molecule has 96 valence electrons. The molecule has 1 aromatic rings. The van der Waals surface area contributed by atoms with E-state index in [0.29, 0.717) is 6.61 Å². The number of carbonyl (C=O) groups excluding carboxylic acids is 1. The molecule has 0 fully saturated rings. The van der Waals surface area contributed by atoms with Crippen LogP contribution in [0.2, 0.25) is 0 Å². The number of esters is 1. The third-order valence-corrected chi connectivity index (χ3v) is 4.02. The van der Waals surface area contributed by atoms with Gasteiger partial charge in [-0.05, 0) is 60.4 Å². The first-order valence-corrected chi connectivity index (χ1v) is 6.64. The van der Waals surface area contributed by atoms with Gasteiger partial charge in [0.25, 0.3) is 0 Å². The highest BCUT2D eigenvalue weighted by molar-refractivity contribution is 5.92. The molecule has 18 heavy (non-hydrogen) atoms. The van der Waals surface area contributed by atoms with Crippen LogP contribution in [0.15, 0.2) is 6.07 Å². The molecule has 1 aliphatic heterocycles. The third kappa shape index (κ3) is 1.83. The average Bonchev–Trinajstić information content (AvgIpc) is 2.45. The maximum atomic E-state index is 11.9. The maximum absolute atomic E-state index is 11.9. The van der Waals surface area contributed by atoms with E-state index in [1.54, 1.807) is 0 Å². The second-order valence-electron chi connectivity index (χ2n) is 5.02. The van der Waals surface area contributed by atoms with Gasteiger partial charge in [-0.15, -0.1) is 0 Å². The van der Waals surface area contributed by atoms with Crippen LogP contribution in [0.25, 0.3) is 0 Å². The zero-order valence-electron chi connectivity index (χ0n) is 10.8. The van der Waals surface area contributed by atoms with Gasteiger partial charge < -0.3 is 9.47 Å². The van der Waals surface area contributed by atoms with E-state index in [-0.39, 0.29) is 5.97 Å². The number of benzene rings is 1. The second kappa shape index (κ2) is 4.73. The molecule has 2 aliphatic rings. The summed E-state index contributed by atoms with van der Waals surface area (Å²) >= 11 is 0. The monoisotopic (exact) mass is 246 g/mol. The summed E-state index contributed by atoms with van der Waals surface area (Å²) < 4.78 is 10.4. The molecule has 1 aliphatic carbocycles. The van der Waals surface area contributed by atoms with Crippen LogP contribution in [0.4, 0.5) is 0 Å². The zero-order valence-corrected chi connectivity index (χ0v) is 10.8. The number of hydrogen-bond donors (Lipinski definition) is 0. The Kier molecular flexibility index (Phi) is 3.08. The fraction of sp³-hybridized carbons (Fsp3) is 0.533. The largest absolute Gasteiger partial charge is 0.465 e. The number of rotatable bonds is 1. The normalized spacial score (nSPS) is 17.8. The molecule has 0 saturated carbocycles. The van der Waals surface area contributed by atoms with Crippen molar-refractivity contribution in [2.24, 2.45) is 0 Å². The Morgan fingerprint density at radius 3 is 2.72 bits per heavy atom.